The summed E-state index contributed by atoms with van der Waals surface area (Å²) in [5, 5.41) is 29.6. The van der Waals surface area contributed by atoms with Crippen LogP contribution in [0.15, 0.2) is 59.7 Å². The van der Waals surface area contributed by atoms with Gasteiger partial charge in [0, 0.05) is 41.8 Å². The van der Waals surface area contributed by atoms with Gasteiger partial charge in [-0.1, -0.05) is 68.3 Å². The molecule has 3 unspecified atom stereocenters. The standard InChI is InChI=1S/C40H49F5N2O5/c1-24-5-11-27(12-6-24)47-33(48)46-20-25-7-9-26(10-8-25)29-19-35(4)30(15-18-38(35,50)39(41,42)40(43,44)45)28-13-16-36(49)21-37(17-14-31(36)32(28)29)51-22-34(2,3)23-52-37/h5-12,28-30,49-50H,13-23H2,1-4H3,(H2,46,47,48)/t28?,29-,30?,35+,36?,38+/m1/s1. The van der Waals surface area contributed by atoms with Crippen LogP contribution < -0.4 is 10.6 Å². The molecule has 0 radical (unpaired) electrons. The van der Waals surface area contributed by atoms with Gasteiger partial charge in [-0.25, -0.2) is 4.79 Å². The SMILES string of the molecule is Cc1ccc(NC(=O)NCc2ccc([C@H]3C[C@@]4(C)C(CC[C@@]4(O)C(F)(F)C(F)(F)F)C4CCC5(O)CC6(CCC5=C43)OCC(C)(C)CO6)cc2)cc1. The number of nitrogens with one attached hydrogen (secondary N) is 2. The fourth-order valence-electron chi connectivity index (χ4n) is 10.2. The fraction of sp³-hybridized carbons (Fsp3) is 0.625. The molecule has 4 N–H and O–H groups in total. The summed E-state index contributed by atoms with van der Waals surface area (Å²) < 4.78 is 85.5. The lowest BCUT2D eigenvalue weighted by Gasteiger charge is -2.59. The van der Waals surface area contributed by atoms with Gasteiger partial charge < -0.3 is 30.3 Å². The maximum Gasteiger partial charge on any atom is 0.456 e. The maximum atomic E-state index is 15.4. The van der Waals surface area contributed by atoms with Gasteiger partial charge in [-0.3, -0.25) is 0 Å². The van der Waals surface area contributed by atoms with Gasteiger partial charge in [0.05, 0.1) is 18.8 Å². The number of ether oxygens (including phenoxy) is 2. The number of fused-ring (bicyclic) bond motifs is 4. The highest BCUT2D eigenvalue weighted by Crippen LogP contribution is 2.71. The van der Waals surface area contributed by atoms with Crippen molar-refractivity contribution in [3.05, 3.63) is 76.4 Å². The molecule has 2 aromatic rings. The van der Waals surface area contributed by atoms with Crippen molar-refractivity contribution >= 4 is 11.7 Å². The number of hydrogen-bond acceptors (Lipinski definition) is 5. The first-order chi connectivity index (χ1) is 24.2. The van der Waals surface area contributed by atoms with Crippen LogP contribution in [0.5, 0.6) is 0 Å². The molecule has 1 spiro atoms. The van der Waals surface area contributed by atoms with E-state index < -0.39 is 64.7 Å². The molecule has 12 heteroatoms. The van der Waals surface area contributed by atoms with Crippen LogP contribution in [-0.2, 0) is 16.0 Å². The maximum absolute atomic E-state index is 15.4. The first kappa shape index (κ1) is 37.3. The highest BCUT2D eigenvalue weighted by atomic mass is 19.4. The first-order valence-corrected chi connectivity index (χ1v) is 18.3. The Bertz CT molecular complexity index is 1720. The van der Waals surface area contributed by atoms with Gasteiger partial charge in [-0.15, -0.1) is 0 Å². The molecule has 5 aliphatic rings. The van der Waals surface area contributed by atoms with Crippen LogP contribution in [0.3, 0.4) is 0 Å². The van der Waals surface area contributed by atoms with Crippen molar-refractivity contribution in [1.82, 2.24) is 5.32 Å². The third-order valence-electron chi connectivity index (χ3n) is 13.0. The second-order valence-electron chi connectivity index (χ2n) is 17.1. The summed E-state index contributed by atoms with van der Waals surface area (Å²) in [6, 6.07) is 14.2. The van der Waals surface area contributed by atoms with E-state index in [-0.39, 0.29) is 37.6 Å². The van der Waals surface area contributed by atoms with Crippen LogP contribution in [0, 0.1) is 29.6 Å². The Morgan fingerprint density at radius 2 is 1.56 bits per heavy atom. The molecule has 2 aromatic carbocycles. The largest absolute Gasteiger partial charge is 0.456 e. The number of benzene rings is 2. The molecule has 7 nitrogen and oxygen atoms in total. The molecule has 1 saturated heterocycles. The quantitative estimate of drug-likeness (QED) is 0.183. The summed E-state index contributed by atoms with van der Waals surface area (Å²) in [6.45, 7) is 8.59. The third kappa shape index (κ3) is 6.05. The molecule has 1 aliphatic heterocycles. The summed E-state index contributed by atoms with van der Waals surface area (Å²) in [5.74, 6) is -7.94. The zero-order valence-electron chi connectivity index (χ0n) is 30.1. The van der Waals surface area contributed by atoms with Crippen molar-refractivity contribution in [2.75, 3.05) is 18.5 Å². The zero-order valence-corrected chi connectivity index (χ0v) is 30.1. The van der Waals surface area contributed by atoms with Gasteiger partial charge in [0.1, 0.15) is 5.60 Å². The third-order valence-corrected chi connectivity index (χ3v) is 13.0. The minimum Gasteiger partial charge on any atom is -0.385 e. The predicted molar refractivity (Wildman–Crippen MR) is 185 cm³/mol. The van der Waals surface area contributed by atoms with E-state index in [0.717, 1.165) is 22.3 Å². The smallest absolute Gasteiger partial charge is 0.385 e. The molecule has 1 heterocycles. The number of rotatable bonds is 5. The summed E-state index contributed by atoms with van der Waals surface area (Å²) in [4.78, 5) is 12.6. The van der Waals surface area contributed by atoms with Gasteiger partial charge >= 0.3 is 18.1 Å². The Labute approximate surface area is 301 Å². The van der Waals surface area contributed by atoms with Crippen LogP contribution >= 0.6 is 0 Å². The van der Waals surface area contributed by atoms with E-state index in [1.54, 1.807) is 24.3 Å². The number of hydrogen-bond donors (Lipinski definition) is 4. The number of anilines is 1. The topological polar surface area (TPSA) is 100 Å². The van der Waals surface area contributed by atoms with Crippen molar-refractivity contribution < 1.29 is 46.4 Å². The Morgan fingerprint density at radius 3 is 2.19 bits per heavy atom. The Hall–Kier alpha value is -3.06. The van der Waals surface area contributed by atoms with Gasteiger partial charge in [0.2, 0.25) is 0 Å². The average molecular weight is 733 g/mol. The average Bonchev–Trinajstić information content (AvgIpc) is 3.36. The minimum absolute atomic E-state index is 0.0196. The summed E-state index contributed by atoms with van der Waals surface area (Å²) in [6.07, 6.45) is -4.93. The molecule has 7 rings (SSSR count). The lowest BCUT2D eigenvalue weighted by Crippen LogP contribution is -2.65. The van der Waals surface area contributed by atoms with Crippen LogP contribution in [0.25, 0.3) is 0 Å². The van der Waals surface area contributed by atoms with Crippen LogP contribution in [0.2, 0.25) is 0 Å². The van der Waals surface area contributed by atoms with E-state index in [1.807, 2.05) is 45.0 Å². The second kappa shape index (κ2) is 12.5. The van der Waals surface area contributed by atoms with Crippen LogP contribution in [0.4, 0.5) is 32.4 Å². The fourth-order valence-corrected chi connectivity index (χ4v) is 10.2. The van der Waals surface area contributed by atoms with Gasteiger partial charge in [0.25, 0.3) is 0 Å². The van der Waals surface area contributed by atoms with E-state index in [0.29, 0.717) is 43.7 Å². The lowest BCUT2D eigenvalue weighted by molar-refractivity contribution is -0.362. The van der Waals surface area contributed by atoms with Crippen molar-refractivity contribution in [3.63, 3.8) is 0 Å². The number of aryl methyl sites for hydroxylation is 1. The number of allylic oxidation sites excluding steroid dienone is 1. The number of carbonyl (C=O) groups is 1. The number of carbonyl (C=O) groups excluding carboxylic acids is 1. The van der Waals surface area contributed by atoms with Gasteiger partial charge in [-0.2, -0.15) is 22.0 Å². The monoisotopic (exact) mass is 732 g/mol. The molecule has 0 aromatic heterocycles. The summed E-state index contributed by atoms with van der Waals surface area (Å²) >= 11 is 0. The molecule has 52 heavy (non-hydrogen) atoms. The number of aliphatic hydroxyl groups is 2. The Balaban J connectivity index is 1.21. The first-order valence-electron chi connectivity index (χ1n) is 18.3. The Kier molecular flexibility index (Phi) is 8.95. The van der Waals surface area contributed by atoms with E-state index >= 15 is 8.78 Å². The zero-order chi connectivity index (χ0) is 37.5. The van der Waals surface area contributed by atoms with E-state index in [9.17, 15) is 28.2 Å². The molecule has 3 saturated carbocycles. The van der Waals surface area contributed by atoms with Gasteiger partial charge in [0.15, 0.2) is 5.79 Å². The highest BCUT2D eigenvalue weighted by Gasteiger charge is 2.79. The molecule has 4 aliphatic carbocycles. The predicted octanol–water partition coefficient (Wildman–Crippen LogP) is 8.54. The van der Waals surface area contributed by atoms with Crippen molar-refractivity contribution in [2.24, 2.45) is 22.7 Å². The van der Waals surface area contributed by atoms with Crippen molar-refractivity contribution in [2.45, 2.75) is 121 Å². The molecular weight excluding hydrogens is 683 g/mol. The van der Waals surface area contributed by atoms with Crippen LogP contribution in [-0.4, -0.2) is 58.5 Å². The summed E-state index contributed by atoms with van der Waals surface area (Å²) in [5.41, 5.74) is -1.69. The Morgan fingerprint density at radius 1 is 0.904 bits per heavy atom. The number of urea groups is 1. The normalized spacial score (nSPS) is 33.9. The van der Waals surface area contributed by atoms with Crippen molar-refractivity contribution in [1.29, 1.82) is 0 Å². The molecule has 6 atom stereocenters. The molecule has 284 valence electrons. The minimum atomic E-state index is -5.92. The van der Waals surface area contributed by atoms with E-state index in [4.69, 9.17) is 9.47 Å². The second-order valence-corrected chi connectivity index (χ2v) is 17.1. The molecule has 4 fully saturated rings. The summed E-state index contributed by atoms with van der Waals surface area (Å²) in [7, 11) is 0. The molecule has 0 bridgehead atoms. The molecular formula is C40H49F5N2O5. The van der Waals surface area contributed by atoms with E-state index in [2.05, 4.69) is 10.6 Å². The van der Waals surface area contributed by atoms with Crippen LogP contribution in [0.1, 0.15) is 94.7 Å². The number of alkyl halides is 5. The highest BCUT2D eigenvalue weighted by molar-refractivity contribution is 5.89. The van der Waals surface area contributed by atoms with E-state index in [1.165, 1.54) is 6.92 Å². The van der Waals surface area contributed by atoms with Crippen molar-refractivity contribution in [3.8, 4) is 0 Å². The lowest BCUT2D eigenvalue weighted by atomic mass is 9.49. The van der Waals surface area contributed by atoms with Gasteiger partial charge in [-0.05, 0) is 86.1 Å². The molecule has 2 amide bonds. The number of amides is 2. The number of halogens is 5.